The summed E-state index contributed by atoms with van der Waals surface area (Å²) in [5.74, 6) is -6.27. The minimum atomic E-state index is -2.75. The molecule has 15 heavy (non-hydrogen) atoms. The van der Waals surface area contributed by atoms with Crippen LogP contribution in [0.4, 0.5) is 0 Å². The second-order valence-corrected chi connectivity index (χ2v) is 3.01. The van der Waals surface area contributed by atoms with Gasteiger partial charge in [-0.05, 0) is 0 Å². The first-order valence-electron chi connectivity index (χ1n) is 3.93. The van der Waals surface area contributed by atoms with Gasteiger partial charge in [0, 0.05) is 6.07 Å². The van der Waals surface area contributed by atoms with E-state index in [1.165, 1.54) is 0 Å². The van der Waals surface area contributed by atoms with Gasteiger partial charge in [-0.1, -0.05) is 0 Å². The Morgan fingerprint density at radius 1 is 1.00 bits per heavy atom. The Balaban J connectivity index is 3.53. The molecule has 1 aromatic rings. The Labute approximate surface area is 84.3 Å². The Morgan fingerprint density at radius 2 is 1.40 bits per heavy atom. The highest BCUT2D eigenvalue weighted by molar-refractivity contribution is 5.60. The molecular weight excluding hydrogens is 206 g/mol. The lowest BCUT2D eigenvalue weighted by Crippen LogP contribution is -2.34. The number of phenolic OH excluding ortho intramolecular Hbond substituents is 4. The van der Waals surface area contributed by atoms with E-state index < -0.39 is 40.9 Å². The lowest BCUT2D eigenvalue weighted by atomic mass is 10.0. The summed E-state index contributed by atoms with van der Waals surface area (Å²) in [6.07, 6.45) is 0. The third-order valence-corrected chi connectivity index (χ3v) is 1.92. The monoisotopic (exact) mass is 217 g/mol. The summed E-state index contributed by atoms with van der Waals surface area (Å²) in [5, 5.41) is 55.3. The zero-order valence-corrected chi connectivity index (χ0v) is 7.55. The van der Waals surface area contributed by atoms with Crippen LogP contribution in [0.2, 0.25) is 0 Å². The van der Waals surface area contributed by atoms with Gasteiger partial charge in [0.2, 0.25) is 5.79 Å². The molecule has 0 spiro atoms. The molecule has 1 aromatic carbocycles. The highest BCUT2D eigenvalue weighted by atomic mass is 16.5. The first-order chi connectivity index (χ1) is 6.81. The molecule has 0 aliphatic rings. The molecule has 1 rings (SSSR count). The maximum Gasteiger partial charge on any atom is 0.210 e. The maximum atomic E-state index is 9.29. The van der Waals surface area contributed by atoms with Crippen LogP contribution in [0.15, 0.2) is 6.07 Å². The fourth-order valence-corrected chi connectivity index (χ4v) is 1.12. The van der Waals surface area contributed by atoms with Crippen molar-refractivity contribution in [3.8, 4) is 23.0 Å². The van der Waals surface area contributed by atoms with Crippen molar-refractivity contribution in [3.63, 3.8) is 0 Å². The lowest BCUT2D eigenvalue weighted by Gasteiger charge is -2.22. The average molecular weight is 217 g/mol. The van der Waals surface area contributed by atoms with Crippen LogP contribution < -0.4 is 5.73 Å². The van der Waals surface area contributed by atoms with Gasteiger partial charge in [0.05, 0.1) is 6.54 Å². The van der Waals surface area contributed by atoms with Gasteiger partial charge in [-0.25, -0.2) is 0 Å². The number of hydrogen-bond acceptors (Lipinski definition) is 7. The third-order valence-electron chi connectivity index (χ3n) is 1.92. The van der Waals surface area contributed by atoms with Crippen molar-refractivity contribution in [3.05, 3.63) is 11.6 Å². The zero-order valence-electron chi connectivity index (χ0n) is 7.55. The van der Waals surface area contributed by atoms with Crippen molar-refractivity contribution in [2.24, 2.45) is 5.73 Å². The minimum absolute atomic E-state index is 0.654. The summed E-state index contributed by atoms with van der Waals surface area (Å²) in [6.45, 7) is -0.739. The van der Waals surface area contributed by atoms with Gasteiger partial charge in [-0.2, -0.15) is 0 Å². The summed E-state index contributed by atoms with van der Waals surface area (Å²) in [6, 6.07) is 0.654. The molecule has 0 atom stereocenters. The number of hydrogen-bond donors (Lipinski definition) is 7. The highest BCUT2D eigenvalue weighted by Gasteiger charge is 2.34. The zero-order chi connectivity index (χ0) is 11.8. The van der Waals surface area contributed by atoms with E-state index in [1.54, 1.807) is 0 Å². The molecule has 0 saturated carbocycles. The average Bonchev–Trinajstić information content (AvgIpc) is 2.15. The molecule has 0 aliphatic heterocycles. The van der Waals surface area contributed by atoms with Crippen LogP contribution in [0.5, 0.6) is 23.0 Å². The van der Waals surface area contributed by atoms with Crippen LogP contribution in [0.3, 0.4) is 0 Å². The summed E-state index contributed by atoms with van der Waals surface area (Å²) in [4.78, 5) is 0. The highest BCUT2D eigenvalue weighted by Crippen LogP contribution is 2.45. The smallest absolute Gasteiger partial charge is 0.210 e. The molecule has 0 aromatic heterocycles. The molecule has 0 radical (unpaired) electrons. The fourth-order valence-electron chi connectivity index (χ4n) is 1.12. The third kappa shape index (κ3) is 1.75. The van der Waals surface area contributed by atoms with Crippen LogP contribution >= 0.6 is 0 Å². The molecule has 0 saturated heterocycles. The van der Waals surface area contributed by atoms with Gasteiger partial charge in [-0.15, -0.1) is 0 Å². The Bertz CT molecular complexity index is 363. The fraction of sp³-hybridized carbons (Fsp3) is 0.250. The van der Waals surface area contributed by atoms with E-state index in [4.69, 9.17) is 15.9 Å². The van der Waals surface area contributed by atoms with Crippen molar-refractivity contribution < 1.29 is 30.6 Å². The van der Waals surface area contributed by atoms with E-state index in [0.717, 1.165) is 0 Å². The first-order valence-corrected chi connectivity index (χ1v) is 3.93. The quantitative estimate of drug-likeness (QED) is 0.183. The molecule has 0 heterocycles. The molecule has 8 N–H and O–H groups in total. The molecular formula is C8H11NO6. The molecule has 0 bridgehead atoms. The van der Waals surface area contributed by atoms with E-state index in [-0.39, 0.29) is 0 Å². The molecule has 7 nitrogen and oxygen atoms in total. The van der Waals surface area contributed by atoms with Crippen molar-refractivity contribution in [1.29, 1.82) is 0 Å². The van der Waals surface area contributed by atoms with Crippen molar-refractivity contribution in [2.45, 2.75) is 5.79 Å². The van der Waals surface area contributed by atoms with E-state index in [1.807, 2.05) is 0 Å². The van der Waals surface area contributed by atoms with Crippen molar-refractivity contribution >= 4 is 0 Å². The lowest BCUT2D eigenvalue weighted by molar-refractivity contribution is -0.162. The molecule has 7 heteroatoms. The number of rotatable bonds is 2. The van der Waals surface area contributed by atoms with Crippen molar-refractivity contribution in [2.75, 3.05) is 6.54 Å². The van der Waals surface area contributed by atoms with E-state index in [2.05, 4.69) is 0 Å². The van der Waals surface area contributed by atoms with E-state index in [9.17, 15) is 20.4 Å². The molecule has 0 unspecified atom stereocenters. The predicted molar refractivity (Wildman–Crippen MR) is 48.3 cm³/mol. The largest absolute Gasteiger partial charge is 0.504 e. The number of aromatic hydroxyl groups is 4. The summed E-state index contributed by atoms with van der Waals surface area (Å²) in [7, 11) is 0. The second kappa shape index (κ2) is 3.46. The summed E-state index contributed by atoms with van der Waals surface area (Å²) in [5.41, 5.74) is 4.15. The molecule has 0 aliphatic carbocycles. The van der Waals surface area contributed by atoms with Gasteiger partial charge in [0.25, 0.3) is 0 Å². The summed E-state index contributed by atoms with van der Waals surface area (Å²) >= 11 is 0. The van der Waals surface area contributed by atoms with Gasteiger partial charge < -0.3 is 36.4 Å². The van der Waals surface area contributed by atoms with Crippen LogP contribution in [0.25, 0.3) is 0 Å². The normalized spacial score (nSPS) is 11.7. The predicted octanol–water partition coefficient (Wildman–Crippen LogP) is -1.39. The van der Waals surface area contributed by atoms with Crippen LogP contribution in [0.1, 0.15) is 5.56 Å². The Morgan fingerprint density at radius 3 is 1.73 bits per heavy atom. The topological polar surface area (TPSA) is 147 Å². The second-order valence-electron chi connectivity index (χ2n) is 3.01. The van der Waals surface area contributed by atoms with Crippen LogP contribution in [0, 0.1) is 0 Å². The molecule has 0 amide bonds. The molecule has 84 valence electrons. The number of phenols is 4. The van der Waals surface area contributed by atoms with Gasteiger partial charge >= 0.3 is 0 Å². The van der Waals surface area contributed by atoms with Gasteiger partial charge in [0.15, 0.2) is 23.0 Å². The van der Waals surface area contributed by atoms with Crippen LogP contribution in [-0.2, 0) is 5.79 Å². The molecule has 0 fully saturated rings. The number of aliphatic hydroxyl groups is 2. The van der Waals surface area contributed by atoms with E-state index >= 15 is 0 Å². The summed E-state index contributed by atoms with van der Waals surface area (Å²) < 4.78 is 0. The van der Waals surface area contributed by atoms with Crippen LogP contribution in [-0.4, -0.2) is 37.2 Å². The van der Waals surface area contributed by atoms with E-state index in [0.29, 0.717) is 6.07 Å². The standard InChI is InChI=1S/C8H11NO6/c9-2-8(14,15)5-6(12)3(10)1-4(11)7(5)13/h1,10-15H,2,9H2. The first kappa shape index (κ1) is 11.4. The number of nitrogens with two attached hydrogens (primary N) is 1. The Kier molecular flexibility index (Phi) is 2.63. The van der Waals surface area contributed by atoms with Gasteiger partial charge in [0.1, 0.15) is 5.56 Å². The van der Waals surface area contributed by atoms with Gasteiger partial charge in [-0.3, -0.25) is 0 Å². The Hall–Kier alpha value is -1.70. The minimum Gasteiger partial charge on any atom is -0.504 e. The maximum absolute atomic E-state index is 9.29. The van der Waals surface area contributed by atoms with Crippen molar-refractivity contribution in [1.82, 2.24) is 0 Å². The number of benzene rings is 1. The SMILES string of the molecule is NCC(O)(O)c1c(O)c(O)cc(O)c1O.